The molecule has 1 aromatic heterocycles. The molecule has 0 radical (unpaired) electrons. The lowest BCUT2D eigenvalue weighted by Gasteiger charge is -2.16. The summed E-state index contributed by atoms with van der Waals surface area (Å²) in [4.78, 5) is 1.000. The second-order valence-electron chi connectivity index (χ2n) is 5.01. The van der Waals surface area contributed by atoms with Crippen molar-refractivity contribution in [1.82, 2.24) is 4.31 Å². The first-order valence-electron chi connectivity index (χ1n) is 6.74. The molecule has 6 heteroatoms. The summed E-state index contributed by atoms with van der Waals surface area (Å²) < 4.78 is 26.8. The topological polar surface area (TPSA) is 63.4 Å². The third-order valence-corrected chi connectivity index (χ3v) is 6.63. The zero-order chi connectivity index (χ0) is 15.5. The molecule has 1 heterocycles. The highest BCUT2D eigenvalue weighted by Crippen LogP contribution is 2.25. The summed E-state index contributed by atoms with van der Waals surface area (Å²) in [5.41, 5.74) is 7.64. The van der Waals surface area contributed by atoms with Crippen molar-refractivity contribution in [2.75, 3.05) is 13.6 Å². The predicted molar refractivity (Wildman–Crippen MR) is 86.9 cm³/mol. The highest BCUT2D eigenvalue weighted by molar-refractivity contribution is 7.91. The number of sulfonamides is 1. The van der Waals surface area contributed by atoms with Crippen LogP contribution in [0.3, 0.4) is 0 Å². The van der Waals surface area contributed by atoms with E-state index >= 15 is 0 Å². The highest BCUT2D eigenvalue weighted by Gasteiger charge is 2.22. The molecule has 0 bridgehead atoms. The van der Waals surface area contributed by atoms with E-state index in [0.717, 1.165) is 16.0 Å². The van der Waals surface area contributed by atoms with Crippen molar-refractivity contribution in [2.45, 2.75) is 24.1 Å². The number of hydrogen-bond acceptors (Lipinski definition) is 4. The Balaban J connectivity index is 2.15. The first-order chi connectivity index (χ1) is 9.93. The molecule has 0 atom stereocenters. The normalized spacial score (nSPS) is 12.0. The lowest BCUT2D eigenvalue weighted by atomic mass is 10.1. The molecule has 114 valence electrons. The Morgan fingerprint density at radius 3 is 2.43 bits per heavy atom. The van der Waals surface area contributed by atoms with Gasteiger partial charge in [-0.05, 0) is 37.6 Å². The van der Waals surface area contributed by atoms with Crippen LogP contribution in [-0.2, 0) is 23.0 Å². The fourth-order valence-corrected chi connectivity index (χ4v) is 4.70. The van der Waals surface area contributed by atoms with Crippen LogP contribution in [-0.4, -0.2) is 26.3 Å². The number of hydrogen-bond donors (Lipinski definition) is 1. The van der Waals surface area contributed by atoms with E-state index in [1.54, 1.807) is 13.1 Å². The van der Waals surface area contributed by atoms with Crippen LogP contribution in [0.5, 0.6) is 0 Å². The molecule has 0 fully saturated rings. The molecule has 21 heavy (non-hydrogen) atoms. The number of rotatable bonds is 6. The molecule has 0 unspecified atom stereocenters. The van der Waals surface area contributed by atoms with E-state index in [-0.39, 0.29) is 0 Å². The van der Waals surface area contributed by atoms with Crippen LogP contribution >= 0.6 is 11.3 Å². The molecule has 0 aliphatic carbocycles. The molecule has 0 saturated heterocycles. The summed E-state index contributed by atoms with van der Waals surface area (Å²) in [6.45, 7) is 2.90. The maximum absolute atomic E-state index is 12.5. The SMILES string of the molecule is Cc1ccc(CN(C)S(=O)(=O)c2ccc(CCN)s2)cc1. The maximum atomic E-state index is 12.5. The molecule has 0 spiro atoms. The van der Waals surface area contributed by atoms with Crippen molar-refractivity contribution in [3.8, 4) is 0 Å². The van der Waals surface area contributed by atoms with Gasteiger partial charge >= 0.3 is 0 Å². The minimum Gasteiger partial charge on any atom is -0.330 e. The van der Waals surface area contributed by atoms with Gasteiger partial charge in [0.25, 0.3) is 10.0 Å². The van der Waals surface area contributed by atoms with Crippen LogP contribution in [0.25, 0.3) is 0 Å². The maximum Gasteiger partial charge on any atom is 0.252 e. The standard InChI is InChI=1S/C15H20N2O2S2/c1-12-3-5-13(6-4-12)11-17(2)21(18,19)15-8-7-14(20-15)9-10-16/h3-8H,9-11,16H2,1-2H3. The quantitative estimate of drug-likeness (QED) is 0.887. The van der Waals surface area contributed by atoms with Gasteiger partial charge in [-0.15, -0.1) is 11.3 Å². The Labute approximate surface area is 130 Å². The third kappa shape index (κ3) is 3.91. The summed E-state index contributed by atoms with van der Waals surface area (Å²) in [6, 6.07) is 11.4. The Kier molecular flexibility index (Phi) is 5.16. The molecule has 0 aliphatic heterocycles. The second kappa shape index (κ2) is 6.70. The first-order valence-corrected chi connectivity index (χ1v) is 9.00. The van der Waals surface area contributed by atoms with Crippen LogP contribution in [0.1, 0.15) is 16.0 Å². The zero-order valence-electron chi connectivity index (χ0n) is 12.2. The van der Waals surface area contributed by atoms with E-state index in [1.165, 1.54) is 15.6 Å². The Hall–Kier alpha value is -1.21. The Bertz CT molecular complexity index is 691. The summed E-state index contributed by atoms with van der Waals surface area (Å²) >= 11 is 1.30. The summed E-state index contributed by atoms with van der Waals surface area (Å²) in [5, 5.41) is 0. The van der Waals surface area contributed by atoms with Crippen LogP contribution in [0.15, 0.2) is 40.6 Å². The average molecular weight is 324 g/mol. The molecule has 4 nitrogen and oxygen atoms in total. The van der Waals surface area contributed by atoms with Gasteiger partial charge in [0.15, 0.2) is 0 Å². The smallest absolute Gasteiger partial charge is 0.252 e. The van der Waals surface area contributed by atoms with Gasteiger partial charge in [-0.1, -0.05) is 29.8 Å². The summed E-state index contributed by atoms with van der Waals surface area (Å²) in [5.74, 6) is 0. The number of nitrogens with two attached hydrogens (primary N) is 1. The van der Waals surface area contributed by atoms with Crippen LogP contribution in [0.4, 0.5) is 0 Å². The molecule has 2 N–H and O–H groups in total. The first kappa shape index (κ1) is 16.2. The number of thiophene rings is 1. The molecule has 2 aromatic rings. The lowest BCUT2D eigenvalue weighted by molar-refractivity contribution is 0.468. The fraction of sp³-hybridized carbons (Fsp3) is 0.333. The van der Waals surface area contributed by atoms with Gasteiger partial charge in [-0.2, -0.15) is 4.31 Å². The Morgan fingerprint density at radius 1 is 1.14 bits per heavy atom. The van der Waals surface area contributed by atoms with Crippen LogP contribution in [0.2, 0.25) is 0 Å². The van der Waals surface area contributed by atoms with Crippen molar-refractivity contribution in [2.24, 2.45) is 5.73 Å². The summed E-state index contributed by atoms with van der Waals surface area (Å²) in [7, 11) is -1.83. The highest BCUT2D eigenvalue weighted by atomic mass is 32.2. The Morgan fingerprint density at radius 2 is 1.81 bits per heavy atom. The molecular formula is C15H20N2O2S2. The average Bonchev–Trinajstić information content (AvgIpc) is 2.91. The molecule has 1 aromatic carbocycles. The van der Waals surface area contributed by atoms with Gasteiger partial charge in [0.2, 0.25) is 0 Å². The van der Waals surface area contributed by atoms with Crippen molar-refractivity contribution < 1.29 is 8.42 Å². The minimum absolute atomic E-state index is 0.368. The van der Waals surface area contributed by atoms with Crippen LogP contribution in [0, 0.1) is 6.92 Å². The van der Waals surface area contributed by atoms with Gasteiger partial charge in [0, 0.05) is 18.5 Å². The molecular weight excluding hydrogens is 304 g/mol. The minimum atomic E-state index is -3.43. The van der Waals surface area contributed by atoms with E-state index < -0.39 is 10.0 Å². The van der Waals surface area contributed by atoms with E-state index in [0.29, 0.717) is 23.7 Å². The fourth-order valence-electron chi connectivity index (χ4n) is 1.96. The predicted octanol–water partition coefficient (Wildman–Crippen LogP) is 2.38. The molecule has 0 aliphatic rings. The van der Waals surface area contributed by atoms with E-state index in [1.807, 2.05) is 37.3 Å². The second-order valence-corrected chi connectivity index (χ2v) is 8.45. The lowest BCUT2D eigenvalue weighted by Crippen LogP contribution is -2.25. The van der Waals surface area contributed by atoms with E-state index in [9.17, 15) is 8.42 Å². The van der Waals surface area contributed by atoms with Crippen LogP contribution < -0.4 is 5.73 Å². The monoisotopic (exact) mass is 324 g/mol. The number of aryl methyl sites for hydroxylation is 1. The van der Waals surface area contributed by atoms with E-state index in [2.05, 4.69) is 0 Å². The van der Waals surface area contributed by atoms with Crippen molar-refractivity contribution >= 4 is 21.4 Å². The third-order valence-electron chi connectivity index (χ3n) is 3.22. The number of nitrogens with zero attached hydrogens (tertiary/aromatic N) is 1. The number of benzene rings is 1. The van der Waals surface area contributed by atoms with Gasteiger partial charge in [0.05, 0.1) is 0 Å². The van der Waals surface area contributed by atoms with Gasteiger partial charge in [-0.3, -0.25) is 0 Å². The molecule has 0 amide bonds. The van der Waals surface area contributed by atoms with Gasteiger partial charge < -0.3 is 5.73 Å². The summed E-state index contributed by atoms with van der Waals surface area (Å²) in [6.07, 6.45) is 0.710. The van der Waals surface area contributed by atoms with Crippen molar-refractivity contribution in [3.63, 3.8) is 0 Å². The largest absolute Gasteiger partial charge is 0.330 e. The van der Waals surface area contributed by atoms with Crippen molar-refractivity contribution in [1.29, 1.82) is 0 Å². The van der Waals surface area contributed by atoms with Gasteiger partial charge in [0.1, 0.15) is 4.21 Å². The van der Waals surface area contributed by atoms with Gasteiger partial charge in [-0.25, -0.2) is 8.42 Å². The zero-order valence-corrected chi connectivity index (χ0v) is 13.9. The molecule has 0 saturated carbocycles. The van der Waals surface area contributed by atoms with Crippen molar-refractivity contribution in [3.05, 3.63) is 52.4 Å². The van der Waals surface area contributed by atoms with E-state index in [4.69, 9.17) is 5.73 Å². The molecule has 2 rings (SSSR count).